The van der Waals surface area contributed by atoms with E-state index in [1.807, 2.05) is 12.5 Å². The van der Waals surface area contributed by atoms with Crippen LogP contribution in [0.5, 0.6) is 0 Å². The Labute approximate surface area is 157 Å². The topological polar surface area (TPSA) is 78.6 Å². The highest BCUT2D eigenvalue weighted by Gasteiger charge is 2.62. The molecule has 3 fully saturated rings. The van der Waals surface area contributed by atoms with E-state index < -0.39 is 6.09 Å². The largest absolute Gasteiger partial charge is 0.465 e. The monoisotopic (exact) mass is 365 g/mol. The number of benzene rings is 1. The molecule has 2 bridgehead atoms. The Hall–Kier alpha value is -2.34. The standard InChI is InChI=1S/C21H23N3O3/c25-19-16(9-21(19)7-12-5-6-13(8-21)24(12)20(26)27)18-15-4-2-1-3-14(15)17-10-22-11-23(17)18/h1-4,10-13,16,18-19,25H,5-9H2,(H,26,27)/t12-,13+,16-,18+,19-,21?/m1/s1. The summed E-state index contributed by atoms with van der Waals surface area (Å²) in [7, 11) is 0. The predicted octanol–water partition coefficient (Wildman–Crippen LogP) is 3.12. The highest BCUT2D eigenvalue weighted by molar-refractivity contribution is 5.69. The van der Waals surface area contributed by atoms with Crippen LogP contribution in [0.4, 0.5) is 4.79 Å². The van der Waals surface area contributed by atoms with Gasteiger partial charge in [0.25, 0.3) is 0 Å². The Morgan fingerprint density at radius 1 is 1.15 bits per heavy atom. The van der Waals surface area contributed by atoms with E-state index >= 15 is 0 Å². The maximum absolute atomic E-state index is 11.6. The van der Waals surface area contributed by atoms with Crippen molar-refractivity contribution in [2.24, 2.45) is 11.3 Å². The van der Waals surface area contributed by atoms with Crippen LogP contribution in [-0.4, -0.2) is 48.9 Å². The molecule has 4 heterocycles. The van der Waals surface area contributed by atoms with Crippen molar-refractivity contribution in [2.45, 2.75) is 56.3 Å². The lowest BCUT2D eigenvalue weighted by molar-refractivity contribution is -0.166. The molecule has 1 unspecified atom stereocenters. The molecule has 6 heteroatoms. The van der Waals surface area contributed by atoms with Crippen molar-refractivity contribution in [3.8, 4) is 11.3 Å². The van der Waals surface area contributed by atoms with Crippen LogP contribution in [0.3, 0.4) is 0 Å². The van der Waals surface area contributed by atoms with Crippen LogP contribution in [0.15, 0.2) is 36.8 Å². The summed E-state index contributed by atoms with van der Waals surface area (Å²) < 4.78 is 2.21. The highest BCUT2D eigenvalue weighted by atomic mass is 16.4. The van der Waals surface area contributed by atoms with E-state index in [1.165, 1.54) is 11.1 Å². The molecule has 2 aromatic rings. The molecule has 140 valence electrons. The first-order valence-electron chi connectivity index (χ1n) is 9.89. The molecular weight excluding hydrogens is 342 g/mol. The molecule has 0 radical (unpaired) electrons. The Morgan fingerprint density at radius 3 is 2.59 bits per heavy atom. The fraction of sp³-hybridized carbons (Fsp3) is 0.524. The number of aromatic nitrogens is 2. The molecular formula is C21H23N3O3. The summed E-state index contributed by atoms with van der Waals surface area (Å²) in [5.74, 6) is 0.164. The first-order chi connectivity index (χ1) is 13.1. The van der Waals surface area contributed by atoms with E-state index in [2.05, 4.69) is 33.8 Å². The molecule has 1 aliphatic carbocycles. The minimum Gasteiger partial charge on any atom is -0.465 e. The van der Waals surface area contributed by atoms with Gasteiger partial charge in [0.05, 0.1) is 30.4 Å². The van der Waals surface area contributed by atoms with E-state index in [1.54, 1.807) is 4.90 Å². The molecule has 1 aromatic heterocycles. The SMILES string of the molecule is O=C(O)N1[C@@H]2CC[C@H]1CC1(C[C@H]([C@@H]3c4ccccc4-c4cncn43)[C@H]1O)C2. The number of piperidine rings is 1. The number of carbonyl (C=O) groups is 1. The number of hydrogen-bond donors (Lipinski definition) is 2. The van der Waals surface area contributed by atoms with Crippen molar-refractivity contribution < 1.29 is 15.0 Å². The summed E-state index contributed by atoms with van der Waals surface area (Å²) >= 11 is 0. The van der Waals surface area contributed by atoms with Crippen LogP contribution < -0.4 is 0 Å². The Balaban J connectivity index is 1.31. The molecule has 1 spiro atoms. The van der Waals surface area contributed by atoms with Crippen molar-refractivity contribution in [3.05, 3.63) is 42.4 Å². The van der Waals surface area contributed by atoms with Crippen molar-refractivity contribution in [1.29, 1.82) is 0 Å². The molecule has 27 heavy (non-hydrogen) atoms. The average molecular weight is 365 g/mol. The van der Waals surface area contributed by atoms with Gasteiger partial charge in [0.15, 0.2) is 0 Å². The Bertz CT molecular complexity index is 924. The van der Waals surface area contributed by atoms with Crippen molar-refractivity contribution in [2.75, 3.05) is 0 Å². The second-order valence-corrected chi connectivity index (χ2v) is 8.88. The van der Waals surface area contributed by atoms with Crippen molar-refractivity contribution >= 4 is 6.09 Å². The summed E-state index contributed by atoms with van der Waals surface area (Å²) in [5.41, 5.74) is 3.51. The fourth-order valence-corrected chi connectivity index (χ4v) is 6.69. The molecule has 1 saturated carbocycles. The minimum absolute atomic E-state index is 0.0801. The second-order valence-electron chi connectivity index (χ2n) is 8.88. The number of aliphatic hydroxyl groups is 1. The summed E-state index contributed by atoms with van der Waals surface area (Å²) in [5, 5.41) is 20.8. The lowest BCUT2D eigenvalue weighted by atomic mass is 9.51. The maximum atomic E-state index is 11.6. The molecule has 4 aliphatic rings. The van der Waals surface area contributed by atoms with Gasteiger partial charge < -0.3 is 19.7 Å². The zero-order valence-electron chi connectivity index (χ0n) is 15.0. The van der Waals surface area contributed by atoms with E-state index in [4.69, 9.17) is 0 Å². The molecule has 1 aromatic carbocycles. The van der Waals surface area contributed by atoms with Crippen LogP contribution in [0.25, 0.3) is 11.3 Å². The van der Waals surface area contributed by atoms with Crippen LogP contribution in [0.1, 0.15) is 43.7 Å². The Morgan fingerprint density at radius 2 is 1.89 bits per heavy atom. The number of carboxylic acid groups (broad SMARTS) is 1. The number of rotatable bonds is 1. The third-order valence-corrected chi connectivity index (χ3v) is 7.73. The van der Waals surface area contributed by atoms with E-state index in [0.717, 1.165) is 37.8 Å². The van der Waals surface area contributed by atoms with Gasteiger partial charge in [0.1, 0.15) is 0 Å². The van der Waals surface area contributed by atoms with Gasteiger partial charge in [-0.2, -0.15) is 0 Å². The number of nitrogens with zero attached hydrogens (tertiary/aromatic N) is 3. The van der Waals surface area contributed by atoms with E-state index in [9.17, 15) is 15.0 Å². The van der Waals surface area contributed by atoms with Gasteiger partial charge in [-0.05, 0) is 37.7 Å². The highest BCUT2D eigenvalue weighted by Crippen LogP contribution is 2.62. The van der Waals surface area contributed by atoms with Gasteiger partial charge >= 0.3 is 6.09 Å². The second kappa shape index (κ2) is 5.13. The third-order valence-electron chi connectivity index (χ3n) is 7.73. The molecule has 6 nitrogen and oxygen atoms in total. The molecule has 2 saturated heterocycles. The predicted molar refractivity (Wildman–Crippen MR) is 98.3 cm³/mol. The number of fused-ring (bicyclic) bond motifs is 5. The molecule has 3 aliphatic heterocycles. The number of hydrogen-bond acceptors (Lipinski definition) is 3. The van der Waals surface area contributed by atoms with Crippen molar-refractivity contribution in [3.63, 3.8) is 0 Å². The van der Waals surface area contributed by atoms with Gasteiger partial charge in [0, 0.05) is 29.0 Å². The number of imidazole rings is 1. The summed E-state index contributed by atoms with van der Waals surface area (Å²) in [6.45, 7) is 0. The lowest BCUT2D eigenvalue weighted by Crippen LogP contribution is -2.62. The van der Waals surface area contributed by atoms with Gasteiger partial charge in [0.2, 0.25) is 0 Å². The number of amides is 1. The first-order valence-corrected chi connectivity index (χ1v) is 9.89. The van der Waals surface area contributed by atoms with Crippen LogP contribution in [0.2, 0.25) is 0 Å². The molecule has 6 rings (SSSR count). The van der Waals surface area contributed by atoms with E-state index in [0.29, 0.717) is 0 Å². The van der Waals surface area contributed by atoms with Crippen LogP contribution >= 0.6 is 0 Å². The van der Waals surface area contributed by atoms with Crippen LogP contribution in [-0.2, 0) is 0 Å². The lowest BCUT2D eigenvalue weighted by Gasteiger charge is -2.59. The Kier molecular flexibility index (Phi) is 2.98. The zero-order valence-corrected chi connectivity index (χ0v) is 15.0. The van der Waals surface area contributed by atoms with E-state index in [-0.39, 0.29) is 35.6 Å². The van der Waals surface area contributed by atoms with Crippen LogP contribution in [0, 0.1) is 11.3 Å². The van der Waals surface area contributed by atoms with Gasteiger partial charge in [-0.3, -0.25) is 0 Å². The summed E-state index contributed by atoms with van der Waals surface area (Å²) in [4.78, 5) is 17.6. The quantitative estimate of drug-likeness (QED) is 0.814. The minimum atomic E-state index is -0.796. The van der Waals surface area contributed by atoms with Crippen molar-refractivity contribution in [1.82, 2.24) is 14.5 Å². The molecule has 6 atom stereocenters. The average Bonchev–Trinajstić information content (AvgIpc) is 3.32. The fourth-order valence-electron chi connectivity index (χ4n) is 6.69. The van der Waals surface area contributed by atoms with Gasteiger partial charge in [-0.15, -0.1) is 0 Å². The van der Waals surface area contributed by atoms with Gasteiger partial charge in [-0.25, -0.2) is 9.78 Å². The normalized spacial score (nSPS) is 38.6. The third kappa shape index (κ3) is 1.89. The first kappa shape index (κ1) is 15.7. The maximum Gasteiger partial charge on any atom is 0.407 e. The van der Waals surface area contributed by atoms with Gasteiger partial charge in [-0.1, -0.05) is 24.3 Å². The zero-order chi connectivity index (χ0) is 18.3. The molecule has 1 amide bonds. The summed E-state index contributed by atoms with van der Waals surface area (Å²) in [6.07, 6.45) is 7.06. The molecule has 2 N–H and O–H groups in total. The smallest absolute Gasteiger partial charge is 0.407 e. The number of aliphatic hydroxyl groups excluding tert-OH is 1. The summed E-state index contributed by atoms with van der Waals surface area (Å²) in [6, 6.07) is 8.72.